The van der Waals surface area contributed by atoms with E-state index in [4.69, 9.17) is 25.0 Å². The summed E-state index contributed by atoms with van der Waals surface area (Å²) in [7, 11) is 1.89. The lowest BCUT2D eigenvalue weighted by Gasteiger charge is -2.66. The fraction of sp³-hybridized carbons (Fsp3) is 0.357. The van der Waals surface area contributed by atoms with Crippen molar-refractivity contribution in [1.29, 1.82) is 10.5 Å². The van der Waals surface area contributed by atoms with Gasteiger partial charge in [0, 0.05) is 24.9 Å². The van der Waals surface area contributed by atoms with Crippen LogP contribution in [0, 0.1) is 48.8 Å². The van der Waals surface area contributed by atoms with Gasteiger partial charge in [0.25, 0.3) is 5.88 Å². The SMILES string of the molecule is Cc1cc(/C=C/C#N)cc(C)c1Oc1nc(NC23CC(C#N)(C2)C3)nc2c1nc(C)n2Cc1ccn(C)n1. The van der Waals surface area contributed by atoms with Gasteiger partial charge in [-0.05, 0) is 81.0 Å². The smallest absolute Gasteiger partial charge is 0.252 e. The molecule has 0 spiro atoms. The lowest BCUT2D eigenvalue weighted by atomic mass is 9.40. The van der Waals surface area contributed by atoms with E-state index in [2.05, 4.69) is 16.5 Å². The highest BCUT2D eigenvalue weighted by atomic mass is 16.5. The van der Waals surface area contributed by atoms with Crippen molar-refractivity contribution < 1.29 is 4.74 Å². The van der Waals surface area contributed by atoms with E-state index in [1.807, 2.05) is 62.9 Å². The second-order valence-electron chi connectivity index (χ2n) is 10.6. The van der Waals surface area contributed by atoms with Gasteiger partial charge in [-0.25, -0.2) is 4.98 Å². The Bertz CT molecular complexity index is 1670. The summed E-state index contributed by atoms with van der Waals surface area (Å²) in [4.78, 5) is 14.4. The molecule has 0 radical (unpaired) electrons. The average Bonchev–Trinajstić information content (AvgIpc) is 3.39. The number of anilines is 1. The summed E-state index contributed by atoms with van der Waals surface area (Å²) in [5.41, 5.74) is 4.57. The molecule has 38 heavy (non-hydrogen) atoms. The number of aromatic nitrogens is 6. The van der Waals surface area contributed by atoms with Gasteiger partial charge in [-0.3, -0.25) is 4.68 Å². The highest BCUT2D eigenvalue weighted by molar-refractivity contribution is 5.79. The number of ether oxygens (including phenoxy) is 1. The number of rotatable bonds is 7. The molecule has 10 nitrogen and oxygen atoms in total. The third-order valence-electron chi connectivity index (χ3n) is 7.52. The molecule has 3 aliphatic rings. The highest BCUT2D eigenvalue weighted by Gasteiger charge is 2.69. The number of nitriles is 2. The zero-order valence-corrected chi connectivity index (χ0v) is 21.8. The molecular weight excluding hydrogens is 478 g/mol. The highest BCUT2D eigenvalue weighted by Crippen LogP contribution is 2.67. The molecule has 3 heterocycles. The summed E-state index contributed by atoms with van der Waals surface area (Å²) >= 11 is 0. The van der Waals surface area contributed by atoms with Crippen LogP contribution in [-0.4, -0.2) is 34.8 Å². The average molecular weight is 506 g/mol. The van der Waals surface area contributed by atoms with E-state index >= 15 is 0 Å². The van der Waals surface area contributed by atoms with Gasteiger partial charge in [-0.1, -0.05) is 0 Å². The van der Waals surface area contributed by atoms with Crippen molar-refractivity contribution in [3.05, 3.63) is 58.7 Å². The van der Waals surface area contributed by atoms with Crippen molar-refractivity contribution in [2.24, 2.45) is 12.5 Å². The van der Waals surface area contributed by atoms with E-state index in [0.29, 0.717) is 35.3 Å². The van der Waals surface area contributed by atoms with Crippen LogP contribution in [0.25, 0.3) is 17.2 Å². The second-order valence-corrected chi connectivity index (χ2v) is 10.6. The van der Waals surface area contributed by atoms with Crippen molar-refractivity contribution in [2.45, 2.75) is 52.1 Å². The molecule has 1 aromatic carbocycles. The van der Waals surface area contributed by atoms with Crippen molar-refractivity contribution in [1.82, 2.24) is 29.3 Å². The van der Waals surface area contributed by atoms with Crippen LogP contribution < -0.4 is 10.1 Å². The lowest BCUT2D eigenvalue weighted by molar-refractivity contribution is -0.0665. The molecule has 3 aliphatic carbocycles. The van der Waals surface area contributed by atoms with Crippen LogP contribution in [0.2, 0.25) is 0 Å². The topological polar surface area (TPSA) is 130 Å². The number of benzene rings is 1. The van der Waals surface area contributed by atoms with Crippen LogP contribution in [-0.2, 0) is 13.6 Å². The number of allylic oxidation sites excluding steroid dienone is 1. The molecule has 2 bridgehead atoms. The minimum Gasteiger partial charge on any atom is -0.436 e. The zero-order valence-electron chi connectivity index (χ0n) is 21.8. The molecule has 0 unspecified atom stereocenters. The lowest BCUT2D eigenvalue weighted by Crippen LogP contribution is -2.70. The maximum Gasteiger partial charge on any atom is 0.252 e. The van der Waals surface area contributed by atoms with Gasteiger partial charge in [0.1, 0.15) is 11.6 Å². The van der Waals surface area contributed by atoms with Crippen LogP contribution in [0.1, 0.15) is 47.5 Å². The molecule has 3 saturated carbocycles. The van der Waals surface area contributed by atoms with Gasteiger partial charge in [-0.2, -0.15) is 25.6 Å². The predicted octanol–water partition coefficient (Wildman–Crippen LogP) is 4.72. The van der Waals surface area contributed by atoms with Crippen molar-refractivity contribution >= 4 is 23.2 Å². The van der Waals surface area contributed by atoms with E-state index in [-0.39, 0.29) is 11.0 Å². The molecule has 3 aromatic heterocycles. The number of nitrogens with zero attached hydrogens (tertiary/aromatic N) is 8. The first kappa shape index (κ1) is 23.7. The first-order valence-corrected chi connectivity index (χ1v) is 12.5. The van der Waals surface area contributed by atoms with Crippen LogP contribution in [0.5, 0.6) is 11.6 Å². The van der Waals surface area contributed by atoms with Gasteiger partial charge in [0.05, 0.1) is 29.8 Å². The minimum absolute atomic E-state index is 0.137. The molecule has 10 heteroatoms. The maximum absolute atomic E-state index is 9.45. The second kappa shape index (κ2) is 8.42. The number of hydrogen-bond acceptors (Lipinski definition) is 8. The van der Waals surface area contributed by atoms with Gasteiger partial charge < -0.3 is 14.6 Å². The third kappa shape index (κ3) is 3.86. The fourth-order valence-corrected chi connectivity index (χ4v) is 5.86. The fourth-order valence-electron chi connectivity index (χ4n) is 5.86. The molecule has 0 atom stereocenters. The third-order valence-corrected chi connectivity index (χ3v) is 7.52. The van der Waals surface area contributed by atoms with Crippen LogP contribution in [0.15, 0.2) is 30.5 Å². The molecule has 0 amide bonds. The number of hydrogen-bond donors (Lipinski definition) is 1. The normalized spacial score (nSPS) is 21.5. The van der Waals surface area contributed by atoms with Gasteiger partial charge in [0.15, 0.2) is 11.2 Å². The van der Waals surface area contributed by atoms with E-state index in [1.54, 1.807) is 10.8 Å². The van der Waals surface area contributed by atoms with Crippen molar-refractivity contribution in [2.75, 3.05) is 5.32 Å². The first-order chi connectivity index (χ1) is 18.2. The van der Waals surface area contributed by atoms with E-state index < -0.39 is 0 Å². The Kier molecular flexibility index (Phi) is 5.25. The standard InChI is InChI=1S/C28H27N9O/c1-17-10-20(6-5-8-29)11-18(2)23(17)38-25-22-24(37(19(3)31-22)12-21-7-9-36(4)35-21)32-26(33-25)34-28-13-27(14-28,15-28)16-30/h5-7,9-11H,12-15H2,1-4H3,(H,32,33,34)/b6-5+. The summed E-state index contributed by atoms with van der Waals surface area (Å²) in [6.07, 6.45) is 7.55. The summed E-state index contributed by atoms with van der Waals surface area (Å²) in [5.74, 6) is 2.30. The number of fused-ring (bicyclic) bond motifs is 1. The monoisotopic (exact) mass is 505 g/mol. The summed E-state index contributed by atoms with van der Waals surface area (Å²) in [6, 6.07) is 10.4. The minimum atomic E-state index is -0.191. The van der Waals surface area contributed by atoms with Gasteiger partial charge in [0.2, 0.25) is 5.95 Å². The molecule has 190 valence electrons. The Morgan fingerprint density at radius 2 is 1.84 bits per heavy atom. The van der Waals surface area contributed by atoms with Gasteiger partial charge in [-0.15, -0.1) is 0 Å². The summed E-state index contributed by atoms with van der Waals surface area (Å²) < 4.78 is 10.3. The number of nitrogens with one attached hydrogen (secondary N) is 1. The number of aryl methyl sites for hydroxylation is 4. The molecule has 0 aliphatic heterocycles. The Morgan fingerprint density at radius 1 is 1.11 bits per heavy atom. The maximum atomic E-state index is 9.45. The van der Waals surface area contributed by atoms with Crippen molar-refractivity contribution in [3.63, 3.8) is 0 Å². The molecule has 0 saturated heterocycles. The Hall–Kier alpha value is -4.70. The van der Waals surface area contributed by atoms with Crippen LogP contribution >= 0.6 is 0 Å². The Labute approximate surface area is 220 Å². The van der Waals surface area contributed by atoms with E-state index in [9.17, 15) is 5.26 Å². The Morgan fingerprint density at radius 3 is 2.47 bits per heavy atom. The number of imidazole rings is 1. The van der Waals surface area contributed by atoms with E-state index in [0.717, 1.165) is 47.5 Å². The van der Waals surface area contributed by atoms with E-state index in [1.165, 1.54) is 6.08 Å². The van der Waals surface area contributed by atoms with Crippen LogP contribution in [0.3, 0.4) is 0 Å². The molecule has 7 rings (SSSR count). The quantitative estimate of drug-likeness (QED) is 0.357. The summed E-state index contributed by atoms with van der Waals surface area (Å²) in [5, 5.41) is 26.4. The molecule has 1 N–H and O–H groups in total. The predicted molar refractivity (Wildman–Crippen MR) is 141 cm³/mol. The van der Waals surface area contributed by atoms with Crippen LogP contribution in [0.4, 0.5) is 5.95 Å². The zero-order chi connectivity index (χ0) is 26.7. The molecular formula is C28H27N9O. The molecule has 3 fully saturated rings. The first-order valence-electron chi connectivity index (χ1n) is 12.5. The summed E-state index contributed by atoms with van der Waals surface area (Å²) in [6.45, 7) is 6.39. The van der Waals surface area contributed by atoms with Crippen molar-refractivity contribution in [3.8, 4) is 23.8 Å². The largest absolute Gasteiger partial charge is 0.436 e. The molecule has 4 aromatic rings. The Balaban J connectivity index is 1.42. The van der Waals surface area contributed by atoms with Gasteiger partial charge >= 0.3 is 0 Å².